The Morgan fingerprint density at radius 3 is 2.62 bits per heavy atom. The van der Waals surface area contributed by atoms with Gasteiger partial charge in [-0.15, -0.1) is 11.3 Å². The second-order valence-electron chi connectivity index (χ2n) is 6.88. The maximum absolute atomic E-state index is 13.2. The van der Waals surface area contributed by atoms with Gasteiger partial charge in [0.05, 0.1) is 11.6 Å². The summed E-state index contributed by atoms with van der Waals surface area (Å²) in [6.07, 6.45) is 6.24. The van der Waals surface area contributed by atoms with Crippen molar-refractivity contribution in [2.45, 2.75) is 44.9 Å². The highest BCUT2D eigenvalue weighted by Gasteiger charge is 2.38. The average Bonchev–Trinajstić information content (AvgIpc) is 3.00. The normalized spacial score (nSPS) is 16.2. The fourth-order valence-corrected chi connectivity index (χ4v) is 4.11. The van der Waals surface area contributed by atoms with Gasteiger partial charge in [0.25, 0.3) is 0 Å². The van der Waals surface area contributed by atoms with Gasteiger partial charge < -0.3 is 10.6 Å². The van der Waals surface area contributed by atoms with Gasteiger partial charge in [0.15, 0.2) is 5.96 Å². The van der Waals surface area contributed by atoms with Crippen LogP contribution in [0.4, 0.5) is 4.39 Å². The quantitative estimate of drug-likeness (QED) is 0.572. The molecule has 1 saturated carbocycles. The van der Waals surface area contributed by atoms with Crippen LogP contribution in [0.25, 0.3) is 0 Å². The molecular weight excluding hydrogens is 347 g/mol. The monoisotopic (exact) mass is 374 g/mol. The van der Waals surface area contributed by atoms with E-state index < -0.39 is 0 Å². The zero-order chi connectivity index (χ0) is 18.4. The number of rotatable bonds is 7. The van der Waals surface area contributed by atoms with Crippen molar-refractivity contribution in [3.05, 3.63) is 51.7 Å². The predicted molar refractivity (Wildman–Crippen MR) is 106 cm³/mol. The van der Waals surface area contributed by atoms with E-state index in [0.29, 0.717) is 0 Å². The SMILES string of the molecule is CCNC(=NCC1(c2ccc(F)cc2)CCC1)NCCc1ncc(C)s1. The smallest absolute Gasteiger partial charge is 0.191 e. The van der Waals surface area contributed by atoms with Gasteiger partial charge in [0, 0.05) is 36.0 Å². The van der Waals surface area contributed by atoms with Crippen LogP contribution >= 0.6 is 11.3 Å². The first-order valence-corrected chi connectivity index (χ1v) is 10.1. The lowest BCUT2D eigenvalue weighted by Crippen LogP contribution is -2.42. The third-order valence-electron chi connectivity index (χ3n) is 4.95. The molecule has 2 N–H and O–H groups in total. The number of halogens is 1. The lowest BCUT2D eigenvalue weighted by atomic mass is 9.64. The summed E-state index contributed by atoms with van der Waals surface area (Å²) in [6, 6.07) is 6.93. The average molecular weight is 375 g/mol. The molecule has 1 aromatic carbocycles. The Bertz CT molecular complexity index is 735. The molecule has 0 amide bonds. The minimum Gasteiger partial charge on any atom is -0.357 e. The summed E-state index contributed by atoms with van der Waals surface area (Å²) in [4.78, 5) is 10.5. The molecule has 4 nitrogen and oxygen atoms in total. The summed E-state index contributed by atoms with van der Waals surface area (Å²) in [7, 11) is 0. The minimum absolute atomic E-state index is 0.0580. The van der Waals surface area contributed by atoms with Crippen molar-refractivity contribution >= 4 is 17.3 Å². The van der Waals surface area contributed by atoms with Gasteiger partial charge in [-0.3, -0.25) is 4.99 Å². The summed E-state index contributed by atoms with van der Waals surface area (Å²) in [6.45, 7) is 6.51. The van der Waals surface area contributed by atoms with E-state index >= 15 is 0 Å². The van der Waals surface area contributed by atoms with E-state index in [-0.39, 0.29) is 11.2 Å². The molecule has 0 unspecified atom stereocenters. The fourth-order valence-electron chi connectivity index (χ4n) is 3.32. The highest BCUT2D eigenvalue weighted by molar-refractivity contribution is 7.11. The minimum atomic E-state index is -0.181. The van der Waals surface area contributed by atoms with Crippen LogP contribution in [0.5, 0.6) is 0 Å². The molecule has 1 heterocycles. The number of aryl methyl sites for hydroxylation is 1. The van der Waals surface area contributed by atoms with Gasteiger partial charge in [-0.2, -0.15) is 0 Å². The molecule has 0 radical (unpaired) electrons. The first kappa shape index (κ1) is 18.8. The Hall–Kier alpha value is -1.95. The molecule has 1 aromatic heterocycles. The molecule has 2 aromatic rings. The first-order chi connectivity index (χ1) is 12.6. The number of aliphatic imine (C=N–C) groups is 1. The largest absolute Gasteiger partial charge is 0.357 e. The Kier molecular flexibility index (Phi) is 6.25. The van der Waals surface area contributed by atoms with E-state index in [4.69, 9.17) is 4.99 Å². The molecular formula is C20H27FN4S. The van der Waals surface area contributed by atoms with Crippen LogP contribution in [-0.4, -0.2) is 30.6 Å². The van der Waals surface area contributed by atoms with Crippen molar-refractivity contribution < 1.29 is 4.39 Å². The molecule has 3 rings (SSSR count). The zero-order valence-corrected chi connectivity index (χ0v) is 16.3. The Balaban J connectivity index is 1.61. The maximum atomic E-state index is 13.2. The van der Waals surface area contributed by atoms with E-state index in [2.05, 4.69) is 29.5 Å². The topological polar surface area (TPSA) is 49.3 Å². The van der Waals surface area contributed by atoms with Crippen molar-refractivity contribution in [3.8, 4) is 0 Å². The van der Waals surface area contributed by atoms with Crippen molar-refractivity contribution in [1.29, 1.82) is 0 Å². The van der Waals surface area contributed by atoms with Gasteiger partial charge in [0.2, 0.25) is 0 Å². The molecule has 0 saturated heterocycles. The van der Waals surface area contributed by atoms with Gasteiger partial charge in [0.1, 0.15) is 5.82 Å². The molecule has 26 heavy (non-hydrogen) atoms. The number of guanidine groups is 1. The van der Waals surface area contributed by atoms with E-state index in [1.54, 1.807) is 23.5 Å². The van der Waals surface area contributed by atoms with Crippen LogP contribution in [0.2, 0.25) is 0 Å². The number of aromatic nitrogens is 1. The van der Waals surface area contributed by atoms with Gasteiger partial charge in [-0.25, -0.2) is 9.37 Å². The highest BCUT2D eigenvalue weighted by Crippen LogP contribution is 2.44. The van der Waals surface area contributed by atoms with Crippen molar-refractivity contribution in [2.75, 3.05) is 19.6 Å². The zero-order valence-electron chi connectivity index (χ0n) is 15.5. The first-order valence-electron chi connectivity index (χ1n) is 9.31. The third kappa shape index (κ3) is 4.61. The van der Waals surface area contributed by atoms with Crippen LogP contribution < -0.4 is 10.6 Å². The second-order valence-corrected chi connectivity index (χ2v) is 8.20. The predicted octanol–water partition coefficient (Wildman–Crippen LogP) is 3.81. The summed E-state index contributed by atoms with van der Waals surface area (Å²) in [5.41, 5.74) is 1.26. The van der Waals surface area contributed by atoms with Crippen molar-refractivity contribution in [2.24, 2.45) is 4.99 Å². The van der Waals surface area contributed by atoms with Crippen LogP contribution in [0.1, 0.15) is 41.6 Å². The molecule has 1 fully saturated rings. The molecule has 1 aliphatic carbocycles. The number of hydrogen-bond donors (Lipinski definition) is 2. The molecule has 0 aliphatic heterocycles. The van der Waals surface area contributed by atoms with E-state index in [0.717, 1.165) is 49.9 Å². The van der Waals surface area contributed by atoms with Gasteiger partial charge in [-0.05, 0) is 44.4 Å². The van der Waals surface area contributed by atoms with E-state index in [1.807, 2.05) is 18.3 Å². The molecule has 0 spiro atoms. The van der Waals surface area contributed by atoms with Crippen LogP contribution in [0, 0.1) is 12.7 Å². The van der Waals surface area contributed by atoms with Crippen molar-refractivity contribution in [1.82, 2.24) is 15.6 Å². The Labute approximate surface area is 159 Å². The summed E-state index contributed by atoms with van der Waals surface area (Å²) in [5.74, 6) is 0.660. The molecule has 6 heteroatoms. The maximum Gasteiger partial charge on any atom is 0.191 e. The lowest BCUT2D eigenvalue weighted by molar-refractivity contribution is 0.253. The summed E-state index contributed by atoms with van der Waals surface area (Å²) in [5, 5.41) is 7.87. The molecule has 1 aliphatic rings. The number of nitrogens with one attached hydrogen (secondary N) is 2. The number of benzene rings is 1. The van der Waals surface area contributed by atoms with Gasteiger partial charge in [-0.1, -0.05) is 18.6 Å². The van der Waals surface area contributed by atoms with E-state index in [9.17, 15) is 4.39 Å². The van der Waals surface area contributed by atoms with E-state index in [1.165, 1.54) is 16.9 Å². The Morgan fingerprint density at radius 1 is 1.27 bits per heavy atom. The summed E-state index contributed by atoms with van der Waals surface area (Å²) < 4.78 is 13.2. The number of thiazole rings is 1. The Morgan fingerprint density at radius 2 is 2.04 bits per heavy atom. The van der Waals surface area contributed by atoms with Crippen LogP contribution in [0.3, 0.4) is 0 Å². The lowest BCUT2D eigenvalue weighted by Gasteiger charge is -2.41. The van der Waals surface area contributed by atoms with Gasteiger partial charge >= 0.3 is 0 Å². The van der Waals surface area contributed by atoms with Crippen LogP contribution in [-0.2, 0) is 11.8 Å². The molecule has 140 valence electrons. The van der Waals surface area contributed by atoms with Crippen LogP contribution in [0.15, 0.2) is 35.5 Å². The third-order valence-corrected chi connectivity index (χ3v) is 5.92. The molecule has 0 bridgehead atoms. The number of hydrogen-bond acceptors (Lipinski definition) is 3. The van der Waals surface area contributed by atoms with Crippen molar-refractivity contribution in [3.63, 3.8) is 0 Å². The standard InChI is InChI=1S/C20H27FN4S/c1-3-22-19(23-12-9-18-24-13-15(2)26-18)25-14-20(10-4-11-20)16-5-7-17(21)8-6-16/h5-8,13H,3-4,9-12,14H2,1-2H3,(H2,22,23,25). The summed E-state index contributed by atoms with van der Waals surface area (Å²) >= 11 is 1.74. The fraction of sp³-hybridized carbons (Fsp3) is 0.500. The number of nitrogens with zero attached hydrogens (tertiary/aromatic N) is 2. The highest BCUT2D eigenvalue weighted by atomic mass is 32.1. The second kappa shape index (κ2) is 8.62. The molecule has 0 atom stereocenters.